The normalized spacial score (nSPS) is 13.6. The van der Waals surface area contributed by atoms with Gasteiger partial charge in [-0.2, -0.15) is 0 Å². The maximum absolute atomic E-state index is 13.2. The van der Waals surface area contributed by atoms with Gasteiger partial charge in [0.2, 0.25) is 0 Å². The summed E-state index contributed by atoms with van der Waals surface area (Å²) in [6.07, 6.45) is 10.4. The first kappa shape index (κ1) is 17.6. The zero-order valence-electron chi connectivity index (χ0n) is 16.2. The Hall–Kier alpha value is -3.54. The number of nitrogens with one attached hydrogen (secondary N) is 1. The molecule has 1 aliphatic rings. The molecule has 1 aromatic carbocycles. The van der Waals surface area contributed by atoms with Crippen LogP contribution in [0, 0.1) is 0 Å². The van der Waals surface area contributed by atoms with E-state index in [-0.39, 0.29) is 6.86 Å². The van der Waals surface area contributed by atoms with E-state index in [1.54, 1.807) is 12.4 Å². The molecule has 0 saturated heterocycles. The van der Waals surface area contributed by atoms with Gasteiger partial charge in [-0.1, -0.05) is 24.3 Å². The predicted molar refractivity (Wildman–Crippen MR) is 116 cm³/mol. The summed E-state index contributed by atoms with van der Waals surface area (Å²) in [6, 6.07) is 10.8. The van der Waals surface area contributed by atoms with E-state index in [4.69, 9.17) is 0 Å². The van der Waals surface area contributed by atoms with Crippen LogP contribution in [0.3, 0.4) is 0 Å². The highest BCUT2D eigenvalue weighted by Crippen LogP contribution is 2.25. The summed E-state index contributed by atoms with van der Waals surface area (Å²) in [5, 5.41) is 4.17. The third-order valence-electron chi connectivity index (χ3n) is 5.55. The summed E-state index contributed by atoms with van der Waals surface area (Å²) in [7, 11) is 0. The average molecular weight is 385 g/mol. The van der Waals surface area contributed by atoms with Crippen LogP contribution in [0.2, 0.25) is 0 Å². The lowest BCUT2D eigenvalue weighted by Crippen LogP contribution is -2.20. The molecule has 146 valence electrons. The van der Waals surface area contributed by atoms with Gasteiger partial charge >= 0.3 is 0 Å². The molecule has 29 heavy (non-hydrogen) atoms. The van der Waals surface area contributed by atoms with Crippen LogP contribution in [0.15, 0.2) is 66.2 Å². The van der Waals surface area contributed by atoms with Gasteiger partial charge in [-0.05, 0) is 37.0 Å². The molecule has 6 heteroatoms. The van der Waals surface area contributed by atoms with Gasteiger partial charge in [0.05, 0.1) is 17.3 Å². The van der Waals surface area contributed by atoms with Crippen molar-refractivity contribution < 1.29 is 1.43 Å². The van der Waals surface area contributed by atoms with Gasteiger partial charge in [0, 0.05) is 43.7 Å². The van der Waals surface area contributed by atoms with E-state index in [1.807, 2.05) is 30.0 Å². The van der Waals surface area contributed by atoms with Crippen molar-refractivity contribution in [1.82, 2.24) is 19.5 Å². The van der Waals surface area contributed by atoms with Crippen molar-refractivity contribution in [3.63, 3.8) is 0 Å². The van der Waals surface area contributed by atoms with Crippen LogP contribution in [-0.4, -0.2) is 25.6 Å². The highest BCUT2D eigenvalue weighted by atomic mass is 16.1. The molecule has 0 bridgehead atoms. The number of anilines is 1. The first-order valence-corrected chi connectivity index (χ1v) is 9.85. The minimum atomic E-state index is -0.0506. The van der Waals surface area contributed by atoms with Crippen molar-refractivity contribution in [2.75, 3.05) is 5.32 Å². The monoisotopic (exact) mass is 385 g/mol. The number of aromatic nitrogens is 4. The molecule has 5 rings (SSSR count). The molecule has 0 atom stereocenters. The standard InChI is InChI=1S/C23H21N5O.H2/c1-2-28-13-21(17-10-24-14-25-11-17)22(29)20-9-19(12-26-23(20)28)27-18-7-15-5-3-4-6-16(15)8-18;/h3-6,9-14,18,27H,2,7-8H2,1H3;1H. The second-order valence-electron chi connectivity index (χ2n) is 7.40. The largest absolute Gasteiger partial charge is 0.380 e. The Morgan fingerprint density at radius 2 is 1.86 bits per heavy atom. The lowest BCUT2D eigenvalue weighted by Gasteiger charge is -2.15. The number of benzene rings is 1. The fourth-order valence-corrected chi connectivity index (χ4v) is 4.13. The minimum absolute atomic E-state index is 0. The van der Waals surface area contributed by atoms with Crippen LogP contribution in [0.5, 0.6) is 0 Å². The number of hydrogen-bond donors (Lipinski definition) is 1. The van der Waals surface area contributed by atoms with Crippen LogP contribution in [-0.2, 0) is 19.4 Å². The summed E-state index contributed by atoms with van der Waals surface area (Å²) in [6.45, 7) is 2.76. The van der Waals surface area contributed by atoms with Gasteiger partial charge in [0.15, 0.2) is 5.43 Å². The smallest absolute Gasteiger partial charge is 0.199 e. The molecular weight excluding hydrogens is 362 g/mol. The predicted octanol–water partition coefficient (Wildman–Crippen LogP) is 3.70. The zero-order chi connectivity index (χ0) is 19.8. The first-order valence-electron chi connectivity index (χ1n) is 9.85. The fraction of sp³-hybridized carbons (Fsp3) is 0.217. The third kappa shape index (κ3) is 3.16. The lowest BCUT2D eigenvalue weighted by atomic mass is 10.1. The SMILES string of the molecule is CCn1cc(-c2cncnc2)c(=O)c2cc(NC3Cc4ccccc4C3)cnc21.[HH]. The van der Waals surface area contributed by atoms with Gasteiger partial charge in [-0.25, -0.2) is 15.0 Å². The van der Waals surface area contributed by atoms with Crippen molar-refractivity contribution >= 4 is 16.7 Å². The van der Waals surface area contributed by atoms with Crippen molar-refractivity contribution in [3.8, 4) is 11.1 Å². The third-order valence-corrected chi connectivity index (χ3v) is 5.55. The van der Waals surface area contributed by atoms with Gasteiger partial charge in [-0.15, -0.1) is 0 Å². The molecule has 6 nitrogen and oxygen atoms in total. The average Bonchev–Trinajstić information content (AvgIpc) is 3.17. The van der Waals surface area contributed by atoms with Crippen molar-refractivity contribution in [1.29, 1.82) is 0 Å². The molecule has 3 aromatic heterocycles. The van der Waals surface area contributed by atoms with Crippen LogP contribution in [0.4, 0.5) is 5.69 Å². The number of rotatable bonds is 4. The number of nitrogens with zero attached hydrogens (tertiary/aromatic N) is 4. The Labute approximate surface area is 169 Å². The molecule has 0 spiro atoms. The quantitative estimate of drug-likeness (QED) is 0.580. The minimum Gasteiger partial charge on any atom is -0.380 e. The zero-order valence-corrected chi connectivity index (χ0v) is 16.2. The lowest BCUT2D eigenvalue weighted by molar-refractivity contribution is 0.769. The summed E-state index contributed by atoms with van der Waals surface area (Å²) in [4.78, 5) is 25.9. The van der Waals surface area contributed by atoms with E-state index in [2.05, 4.69) is 44.5 Å². The summed E-state index contributed by atoms with van der Waals surface area (Å²) >= 11 is 0. The van der Waals surface area contributed by atoms with E-state index in [9.17, 15) is 4.79 Å². The molecule has 0 amide bonds. The van der Waals surface area contributed by atoms with Crippen LogP contribution < -0.4 is 10.7 Å². The molecule has 0 radical (unpaired) electrons. The fourth-order valence-electron chi connectivity index (χ4n) is 4.13. The highest BCUT2D eigenvalue weighted by molar-refractivity contribution is 5.83. The van der Waals surface area contributed by atoms with Crippen LogP contribution >= 0.6 is 0 Å². The first-order chi connectivity index (χ1) is 14.2. The Morgan fingerprint density at radius 1 is 1.14 bits per heavy atom. The molecule has 0 saturated carbocycles. The van der Waals surface area contributed by atoms with Crippen molar-refractivity contribution in [2.45, 2.75) is 32.4 Å². The topological polar surface area (TPSA) is 72.7 Å². The van der Waals surface area contributed by atoms with E-state index < -0.39 is 0 Å². The van der Waals surface area contributed by atoms with Gasteiger partial charge in [0.25, 0.3) is 0 Å². The molecule has 0 fully saturated rings. The second-order valence-corrected chi connectivity index (χ2v) is 7.40. The summed E-state index contributed by atoms with van der Waals surface area (Å²) in [5.41, 5.74) is 5.59. The Kier molecular flexibility index (Phi) is 4.31. The molecule has 3 heterocycles. The Morgan fingerprint density at radius 3 is 2.55 bits per heavy atom. The number of pyridine rings is 2. The Bertz CT molecular complexity index is 1230. The van der Waals surface area contributed by atoms with E-state index >= 15 is 0 Å². The maximum Gasteiger partial charge on any atom is 0.199 e. The second kappa shape index (κ2) is 7.13. The van der Waals surface area contributed by atoms with Gasteiger partial charge in [-0.3, -0.25) is 4.79 Å². The molecule has 0 aliphatic heterocycles. The summed E-state index contributed by atoms with van der Waals surface area (Å²) in [5.74, 6) is 0. The van der Waals surface area contributed by atoms with E-state index in [0.717, 1.165) is 25.1 Å². The van der Waals surface area contributed by atoms with Gasteiger partial charge in [0.1, 0.15) is 12.0 Å². The van der Waals surface area contributed by atoms with E-state index in [1.165, 1.54) is 17.5 Å². The maximum atomic E-state index is 13.2. The van der Waals surface area contributed by atoms with Gasteiger partial charge < -0.3 is 9.88 Å². The summed E-state index contributed by atoms with van der Waals surface area (Å²) < 4.78 is 1.99. The molecule has 4 aromatic rings. The van der Waals surface area contributed by atoms with Crippen LogP contribution in [0.1, 0.15) is 19.5 Å². The number of aryl methyl sites for hydroxylation is 1. The number of hydrogen-bond acceptors (Lipinski definition) is 5. The number of fused-ring (bicyclic) bond motifs is 2. The molecule has 1 N–H and O–H groups in total. The van der Waals surface area contributed by atoms with Crippen molar-refractivity contribution in [2.24, 2.45) is 0 Å². The molecular formula is C23H23N5O. The molecule has 1 aliphatic carbocycles. The van der Waals surface area contributed by atoms with Crippen LogP contribution in [0.25, 0.3) is 22.2 Å². The van der Waals surface area contributed by atoms with E-state index in [0.29, 0.717) is 28.2 Å². The Balaban J connectivity index is 0.00000218. The molecule has 0 unspecified atom stereocenters. The van der Waals surface area contributed by atoms with Crippen molar-refractivity contribution in [3.05, 3.63) is 82.8 Å². The highest BCUT2D eigenvalue weighted by Gasteiger charge is 2.21.